The topological polar surface area (TPSA) is 76.4 Å². The molecule has 3 aliphatic rings. The Balaban J connectivity index is 1.47. The Bertz CT molecular complexity index is 650. The van der Waals surface area contributed by atoms with Gasteiger partial charge in [-0.3, -0.25) is 4.79 Å². The fourth-order valence-electron chi connectivity index (χ4n) is 4.54. The predicted octanol–water partition coefficient (Wildman–Crippen LogP) is 1.73. The highest BCUT2D eigenvalue weighted by Gasteiger charge is 2.52. The van der Waals surface area contributed by atoms with Crippen LogP contribution in [0.1, 0.15) is 53.6 Å². The first-order valence-electron chi connectivity index (χ1n) is 9.09. The summed E-state index contributed by atoms with van der Waals surface area (Å²) in [6.07, 6.45) is 6.47. The Labute approximate surface area is 143 Å². The highest BCUT2D eigenvalue weighted by atomic mass is 16.5. The fraction of sp³-hybridized carbons (Fsp3) is 0.632. The number of ether oxygens (including phenoxy) is 1. The van der Waals surface area contributed by atoms with Gasteiger partial charge in [-0.25, -0.2) is 0 Å². The van der Waals surface area contributed by atoms with Crippen LogP contribution in [-0.2, 0) is 13.0 Å². The molecule has 4 N–H and O–H groups in total. The number of amides is 1. The minimum Gasteiger partial charge on any atom is -0.496 e. The Hall–Kier alpha value is -1.59. The minimum absolute atomic E-state index is 0.0665. The zero-order valence-corrected chi connectivity index (χ0v) is 14.4. The Kier molecular flexibility index (Phi) is 4.01. The van der Waals surface area contributed by atoms with E-state index in [1.807, 2.05) is 12.1 Å². The van der Waals surface area contributed by atoms with Crippen LogP contribution in [0.2, 0.25) is 0 Å². The second-order valence-electron chi connectivity index (χ2n) is 7.62. The predicted molar refractivity (Wildman–Crippen MR) is 93.2 cm³/mol. The number of methoxy groups -OCH3 is 1. The maximum atomic E-state index is 12.8. The summed E-state index contributed by atoms with van der Waals surface area (Å²) < 4.78 is 5.45. The molecule has 1 amide bonds. The van der Waals surface area contributed by atoms with Gasteiger partial charge in [0.15, 0.2) is 0 Å². The van der Waals surface area contributed by atoms with Crippen molar-refractivity contribution in [2.24, 2.45) is 11.1 Å². The van der Waals surface area contributed by atoms with Gasteiger partial charge in [-0.05, 0) is 68.2 Å². The molecule has 0 aromatic heterocycles. The Morgan fingerprint density at radius 1 is 1.33 bits per heavy atom. The van der Waals surface area contributed by atoms with Gasteiger partial charge < -0.3 is 21.1 Å². The number of carbonyl (C=O) groups is 1. The highest BCUT2D eigenvalue weighted by Crippen LogP contribution is 2.55. The van der Waals surface area contributed by atoms with E-state index < -0.39 is 0 Å². The maximum Gasteiger partial charge on any atom is 0.251 e. The number of carbonyl (C=O) groups excluding carboxylic acids is 1. The Morgan fingerprint density at radius 3 is 2.75 bits per heavy atom. The molecule has 1 unspecified atom stereocenters. The number of hydrogen-bond acceptors (Lipinski definition) is 4. The molecule has 0 radical (unpaired) electrons. The van der Waals surface area contributed by atoms with Crippen molar-refractivity contribution < 1.29 is 9.53 Å². The highest BCUT2D eigenvalue weighted by molar-refractivity contribution is 5.96. The number of rotatable bonds is 3. The zero-order valence-electron chi connectivity index (χ0n) is 14.4. The van der Waals surface area contributed by atoms with Crippen LogP contribution in [0.15, 0.2) is 12.1 Å². The van der Waals surface area contributed by atoms with Gasteiger partial charge in [0.1, 0.15) is 5.75 Å². The van der Waals surface area contributed by atoms with Gasteiger partial charge in [0, 0.05) is 29.8 Å². The molecule has 130 valence electrons. The molecule has 0 saturated heterocycles. The lowest BCUT2D eigenvalue weighted by Gasteiger charge is -2.30. The maximum absolute atomic E-state index is 12.8. The summed E-state index contributed by atoms with van der Waals surface area (Å²) in [5, 5.41) is 6.62. The first-order valence-corrected chi connectivity index (χ1v) is 9.09. The van der Waals surface area contributed by atoms with E-state index in [1.165, 1.54) is 6.42 Å². The smallest absolute Gasteiger partial charge is 0.251 e. The van der Waals surface area contributed by atoms with Crippen molar-refractivity contribution in [1.29, 1.82) is 0 Å². The van der Waals surface area contributed by atoms with Crippen molar-refractivity contribution in [2.45, 2.75) is 57.2 Å². The van der Waals surface area contributed by atoms with E-state index in [2.05, 4.69) is 10.6 Å². The fourth-order valence-corrected chi connectivity index (χ4v) is 4.54. The van der Waals surface area contributed by atoms with Crippen LogP contribution in [-0.4, -0.2) is 31.6 Å². The summed E-state index contributed by atoms with van der Waals surface area (Å²) in [7, 11) is 1.68. The first kappa shape index (κ1) is 15.9. The molecule has 4 rings (SSSR count). The number of nitrogens with one attached hydrogen (secondary N) is 2. The standard InChI is InChI=1S/C19H27N3O2/c1-24-16-3-2-14(13-6-9-21-11-15(13)16)18(23)22-12-4-7-19(8-5-12)10-17(19)20/h2-3,12,17,21H,4-11,20H2,1H3,(H,22,23). The molecule has 24 heavy (non-hydrogen) atoms. The SMILES string of the molecule is COc1ccc(C(=O)NC2CCC3(CC2)CC3N)c2c1CNCC2. The van der Waals surface area contributed by atoms with Gasteiger partial charge in [-0.15, -0.1) is 0 Å². The lowest BCUT2D eigenvalue weighted by molar-refractivity contribution is 0.0917. The molecular formula is C19H27N3O2. The van der Waals surface area contributed by atoms with Gasteiger partial charge in [0.05, 0.1) is 7.11 Å². The summed E-state index contributed by atoms with van der Waals surface area (Å²) in [5.41, 5.74) is 9.56. The van der Waals surface area contributed by atoms with E-state index in [-0.39, 0.29) is 11.9 Å². The summed E-state index contributed by atoms with van der Waals surface area (Å²) in [6.45, 7) is 1.67. The van der Waals surface area contributed by atoms with Crippen molar-refractivity contribution in [3.8, 4) is 5.75 Å². The van der Waals surface area contributed by atoms with E-state index in [0.717, 1.165) is 67.6 Å². The summed E-state index contributed by atoms with van der Waals surface area (Å²) in [6, 6.07) is 4.52. The molecule has 2 aliphatic carbocycles. The van der Waals surface area contributed by atoms with E-state index in [1.54, 1.807) is 7.11 Å². The molecule has 0 bridgehead atoms. The number of fused-ring (bicyclic) bond motifs is 1. The van der Waals surface area contributed by atoms with Crippen molar-refractivity contribution in [3.63, 3.8) is 0 Å². The molecule has 1 heterocycles. The quantitative estimate of drug-likeness (QED) is 0.789. The van der Waals surface area contributed by atoms with E-state index in [0.29, 0.717) is 11.5 Å². The van der Waals surface area contributed by atoms with Crippen LogP contribution >= 0.6 is 0 Å². The van der Waals surface area contributed by atoms with Gasteiger partial charge in [-0.1, -0.05) is 0 Å². The van der Waals surface area contributed by atoms with Crippen LogP contribution in [0.4, 0.5) is 0 Å². The molecular weight excluding hydrogens is 302 g/mol. The Morgan fingerprint density at radius 2 is 2.08 bits per heavy atom. The van der Waals surface area contributed by atoms with Crippen LogP contribution in [0.5, 0.6) is 5.75 Å². The van der Waals surface area contributed by atoms with Gasteiger partial charge >= 0.3 is 0 Å². The molecule has 1 aromatic rings. The average Bonchev–Trinajstić information content (AvgIpc) is 3.24. The summed E-state index contributed by atoms with van der Waals surface area (Å²) >= 11 is 0. The minimum atomic E-state index is 0.0665. The molecule has 5 nitrogen and oxygen atoms in total. The molecule has 5 heteroatoms. The van der Waals surface area contributed by atoms with Gasteiger partial charge in [-0.2, -0.15) is 0 Å². The summed E-state index contributed by atoms with van der Waals surface area (Å²) in [5.74, 6) is 0.938. The zero-order chi connectivity index (χ0) is 16.7. The van der Waals surface area contributed by atoms with Crippen molar-refractivity contribution in [3.05, 3.63) is 28.8 Å². The average molecular weight is 329 g/mol. The van der Waals surface area contributed by atoms with Crippen molar-refractivity contribution >= 4 is 5.91 Å². The lowest BCUT2D eigenvalue weighted by Crippen LogP contribution is -2.39. The molecule has 1 aliphatic heterocycles. The van der Waals surface area contributed by atoms with E-state index >= 15 is 0 Å². The number of nitrogens with two attached hydrogens (primary N) is 1. The van der Waals surface area contributed by atoms with Crippen LogP contribution < -0.4 is 21.1 Å². The van der Waals surface area contributed by atoms with Crippen LogP contribution in [0.25, 0.3) is 0 Å². The van der Waals surface area contributed by atoms with Crippen molar-refractivity contribution in [2.75, 3.05) is 13.7 Å². The van der Waals surface area contributed by atoms with Crippen LogP contribution in [0.3, 0.4) is 0 Å². The second kappa shape index (κ2) is 6.05. The third kappa shape index (κ3) is 2.70. The van der Waals surface area contributed by atoms with E-state index in [9.17, 15) is 4.79 Å². The first-order chi connectivity index (χ1) is 11.6. The van der Waals surface area contributed by atoms with Crippen molar-refractivity contribution in [1.82, 2.24) is 10.6 Å². The molecule has 2 saturated carbocycles. The molecule has 1 aromatic carbocycles. The monoisotopic (exact) mass is 329 g/mol. The van der Waals surface area contributed by atoms with Gasteiger partial charge in [0.25, 0.3) is 5.91 Å². The van der Waals surface area contributed by atoms with Gasteiger partial charge in [0.2, 0.25) is 0 Å². The van der Waals surface area contributed by atoms with Crippen LogP contribution in [0, 0.1) is 5.41 Å². The molecule has 2 fully saturated rings. The third-order valence-corrected chi connectivity index (χ3v) is 6.28. The number of hydrogen-bond donors (Lipinski definition) is 3. The number of benzene rings is 1. The molecule has 1 spiro atoms. The van der Waals surface area contributed by atoms with E-state index in [4.69, 9.17) is 10.5 Å². The third-order valence-electron chi connectivity index (χ3n) is 6.28. The lowest BCUT2D eigenvalue weighted by atomic mass is 9.82. The summed E-state index contributed by atoms with van der Waals surface area (Å²) in [4.78, 5) is 12.8. The largest absolute Gasteiger partial charge is 0.496 e. The second-order valence-corrected chi connectivity index (χ2v) is 7.62. The molecule has 1 atom stereocenters. The normalized spacial score (nSPS) is 31.4.